The van der Waals surface area contributed by atoms with Gasteiger partial charge in [-0.05, 0) is 141 Å². The second kappa shape index (κ2) is 81.2. The molecule has 0 aromatic carbocycles. The van der Waals surface area contributed by atoms with E-state index in [4.69, 9.17) is 32.3 Å². The molecule has 0 saturated heterocycles. The number of phosphoric ester groups is 2. The van der Waals surface area contributed by atoms with Gasteiger partial charge in [-0.15, -0.1) is 0 Å². The van der Waals surface area contributed by atoms with Crippen LogP contribution in [0.2, 0.25) is 0 Å². The maximum atomic E-state index is 13.0. The van der Waals surface area contributed by atoms with Gasteiger partial charge in [-0.2, -0.15) is 0 Å². The second-order valence-electron chi connectivity index (χ2n) is 28.2. The van der Waals surface area contributed by atoms with Gasteiger partial charge in [0.1, 0.15) is 25.4 Å². The second-order valence-corrected chi connectivity index (χ2v) is 31.2. The Morgan fingerprint density at radius 3 is 0.785 bits per heavy atom. The first-order valence-electron chi connectivity index (χ1n) is 42.5. The minimum atomic E-state index is -4.94. The monoisotopic (exact) mass is 1540 g/mol. The molecule has 107 heavy (non-hydrogen) atoms. The number of hydrogen-bond acceptors (Lipinski definition) is 14. The van der Waals surface area contributed by atoms with E-state index in [0.717, 1.165) is 167 Å². The number of hydrogen-bond donors (Lipinski definition) is 4. The summed E-state index contributed by atoms with van der Waals surface area (Å²) in [5.41, 5.74) is 0. The zero-order chi connectivity index (χ0) is 78.0. The maximum Gasteiger partial charge on any atom is 0.472 e. The van der Waals surface area contributed by atoms with Crippen LogP contribution >= 0.6 is 15.6 Å². The molecule has 16 nitrogen and oxygen atoms in total. The number of ether oxygens (including phenoxy) is 3. The molecular weight excluding hydrogens is 1390 g/mol. The van der Waals surface area contributed by atoms with Crippen molar-refractivity contribution in [3.63, 3.8) is 0 Å². The van der Waals surface area contributed by atoms with Crippen molar-refractivity contribution in [2.24, 2.45) is 0 Å². The minimum absolute atomic E-state index is 0.0882. The molecule has 0 heterocycles. The Balaban J connectivity index is 4.54. The topological polar surface area (TPSA) is 231 Å². The maximum absolute atomic E-state index is 13.0. The third-order valence-corrected chi connectivity index (χ3v) is 19.7. The molecule has 0 rings (SSSR count). The van der Waals surface area contributed by atoms with Crippen LogP contribution in [0.3, 0.4) is 0 Å². The van der Waals surface area contributed by atoms with Crippen molar-refractivity contribution in [1.29, 1.82) is 0 Å². The molecule has 0 saturated carbocycles. The van der Waals surface area contributed by atoms with Crippen LogP contribution in [-0.4, -0.2) is 95.9 Å². The number of rotatable bonds is 80. The zero-order valence-electron chi connectivity index (χ0n) is 67.5. The highest BCUT2D eigenvalue weighted by Gasteiger charge is 2.29. The lowest BCUT2D eigenvalue weighted by Gasteiger charge is -2.21. The van der Waals surface area contributed by atoms with Gasteiger partial charge in [-0.1, -0.05) is 328 Å². The van der Waals surface area contributed by atoms with Crippen molar-refractivity contribution in [1.82, 2.24) is 0 Å². The summed E-state index contributed by atoms with van der Waals surface area (Å²) < 4.78 is 61.3. The fraction of sp³-hybridized carbons (Fsp3) is 0.719. The Kier molecular flexibility index (Phi) is 77.9. The Bertz CT molecular complexity index is 2480. The van der Waals surface area contributed by atoms with E-state index < -0.39 is 91.5 Å². The molecule has 0 aliphatic heterocycles. The SMILES string of the molecule is CC/C=C\C/C=C\C/C=C\CCCCCCCCCC(=O)OC(COC(=O)CCCCCCCCC/C=C\C/C=C\C/C=C\C/C=C\CCCCC)COP(=O)(O)OCC(O)COP(=O)(O)OCC(O)COC(=O)CCCCCCCCCCCCCCCCC/C=C\C/C=C\C/C=C\C/C=C\CCCCC. The standard InChI is InChI=1S/C89H154O16P2/c1-4-7-10-13-16-19-22-25-28-31-33-35-37-38-39-40-41-42-43-44-46-48-49-52-54-57-60-63-66-69-72-75-87(92)99-78-84(90)79-101-106(95,96)102-80-85(91)81-103-107(97,98)104-83-86(105-89(94)77-74-71-68-65-62-59-56-51-30-27-24-21-18-15-12-9-6-3)82-100-88(93)76-73-70-67-64-61-58-55-53-50-47-45-36-34-32-29-26-23-20-17-14-11-8-5-2/h9,12,16-21,25-30,33-36,38-39,47,50,84-86,90-91H,4-8,10-11,13-15,22-24,31-32,37,40-46,48-49,51-83H2,1-3H3,(H,95,96)(H,97,98)/b12-9-,19-16-,20-17-,21-18-,28-25-,29-26-,30-27-,35-33-,36-34-,39-38-,50-47-. The fourth-order valence-corrected chi connectivity index (χ4v) is 13.0. The van der Waals surface area contributed by atoms with Crippen molar-refractivity contribution in [2.75, 3.05) is 39.6 Å². The predicted octanol–water partition coefficient (Wildman–Crippen LogP) is 25.4. The largest absolute Gasteiger partial charge is 0.472 e. The Hall–Kier alpha value is -4.31. The minimum Gasteiger partial charge on any atom is -0.463 e. The molecule has 0 bridgehead atoms. The van der Waals surface area contributed by atoms with E-state index in [1.807, 2.05) is 0 Å². The van der Waals surface area contributed by atoms with Gasteiger partial charge in [0.05, 0.1) is 26.4 Å². The highest BCUT2D eigenvalue weighted by atomic mass is 31.2. The number of allylic oxidation sites excluding steroid dienone is 22. The van der Waals surface area contributed by atoms with E-state index in [1.54, 1.807) is 0 Å². The quantitative estimate of drug-likeness (QED) is 0.0146. The van der Waals surface area contributed by atoms with E-state index in [9.17, 15) is 43.5 Å². The number of aliphatic hydroxyl groups excluding tert-OH is 2. The summed E-state index contributed by atoms with van der Waals surface area (Å²) in [6.45, 7) is 2.52. The molecule has 0 aromatic rings. The van der Waals surface area contributed by atoms with Crippen LogP contribution in [0.25, 0.3) is 0 Å². The summed E-state index contributed by atoms with van der Waals surface area (Å²) in [5, 5.41) is 20.7. The third-order valence-electron chi connectivity index (χ3n) is 17.8. The lowest BCUT2D eigenvalue weighted by molar-refractivity contribution is -0.161. The number of carbonyl (C=O) groups is 3. The van der Waals surface area contributed by atoms with Crippen LogP contribution < -0.4 is 0 Å². The first-order valence-corrected chi connectivity index (χ1v) is 45.5. The molecule has 0 fully saturated rings. The van der Waals surface area contributed by atoms with Crippen LogP contribution in [0.4, 0.5) is 0 Å². The van der Waals surface area contributed by atoms with E-state index >= 15 is 0 Å². The Morgan fingerprint density at radius 1 is 0.271 bits per heavy atom. The van der Waals surface area contributed by atoms with Crippen molar-refractivity contribution in [3.8, 4) is 0 Å². The summed E-state index contributed by atoms with van der Waals surface area (Å²) in [5.74, 6) is -1.59. The summed E-state index contributed by atoms with van der Waals surface area (Å²) >= 11 is 0. The summed E-state index contributed by atoms with van der Waals surface area (Å²) in [4.78, 5) is 58.8. The summed E-state index contributed by atoms with van der Waals surface area (Å²) in [7, 11) is -9.80. The van der Waals surface area contributed by atoms with Crippen molar-refractivity contribution in [2.45, 2.75) is 373 Å². The molecule has 0 spiro atoms. The normalized spacial score (nSPS) is 14.6. The molecule has 5 atom stereocenters. The van der Waals surface area contributed by atoms with Gasteiger partial charge in [0.25, 0.3) is 0 Å². The molecule has 0 aromatic heterocycles. The highest BCUT2D eigenvalue weighted by molar-refractivity contribution is 7.47. The zero-order valence-corrected chi connectivity index (χ0v) is 69.3. The molecule has 0 aliphatic rings. The Labute approximate surface area is 652 Å². The lowest BCUT2D eigenvalue weighted by Crippen LogP contribution is -2.30. The summed E-state index contributed by atoms with van der Waals surface area (Å²) in [6, 6.07) is 0. The van der Waals surface area contributed by atoms with Gasteiger partial charge in [0.2, 0.25) is 0 Å². The number of carbonyl (C=O) groups excluding carboxylic acids is 3. The smallest absolute Gasteiger partial charge is 0.463 e. The molecule has 0 aliphatic carbocycles. The van der Waals surface area contributed by atoms with Gasteiger partial charge >= 0.3 is 33.6 Å². The average Bonchev–Trinajstić information content (AvgIpc) is 0.933. The van der Waals surface area contributed by atoms with Crippen molar-refractivity contribution in [3.05, 3.63) is 134 Å². The van der Waals surface area contributed by atoms with Crippen LogP contribution in [-0.2, 0) is 55.8 Å². The first-order chi connectivity index (χ1) is 52.2. The lowest BCUT2D eigenvalue weighted by atomic mass is 10.0. The average molecular weight is 1540 g/mol. The molecule has 4 N–H and O–H groups in total. The number of esters is 3. The van der Waals surface area contributed by atoms with Crippen molar-refractivity contribution < 1.29 is 75.8 Å². The summed E-state index contributed by atoms with van der Waals surface area (Å²) in [6.07, 6.45) is 99.2. The molecule has 18 heteroatoms. The third kappa shape index (κ3) is 82.5. The van der Waals surface area contributed by atoms with E-state index in [2.05, 4.69) is 154 Å². The predicted molar refractivity (Wildman–Crippen MR) is 445 cm³/mol. The fourth-order valence-electron chi connectivity index (χ4n) is 11.4. The number of aliphatic hydroxyl groups is 2. The number of phosphoric acid groups is 2. The van der Waals surface area contributed by atoms with Crippen molar-refractivity contribution >= 4 is 33.6 Å². The van der Waals surface area contributed by atoms with Crippen LogP contribution in [0.5, 0.6) is 0 Å². The molecule has 0 amide bonds. The first kappa shape index (κ1) is 103. The van der Waals surface area contributed by atoms with Crippen LogP contribution in [0, 0.1) is 0 Å². The van der Waals surface area contributed by atoms with Gasteiger partial charge in [0.15, 0.2) is 6.10 Å². The van der Waals surface area contributed by atoms with E-state index in [0.29, 0.717) is 19.3 Å². The van der Waals surface area contributed by atoms with Crippen LogP contribution in [0.1, 0.15) is 355 Å². The highest BCUT2D eigenvalue weighted by Crippen LogP contribution is 2.45. The molecule has 616 valence electrons. The van der Waals surface area contributed by atoms with E-state index in [-0.39, 0.29) is 19.3 Å². The number of unbranched alkanes of at least 4 members (excludes halogenated alkanes) is 35. The van der Waals surface area contributed by atoms with Gasteiger partial charge in [0, 0.05) is 19.3 Å². The van der Waals surface area contributed by atoms with E-state index in [1.165, 1.54) is 128 Å². The molecule has 0 radical (unpaired) electrons. The van der Waals surface area contributed by atoms with Crippen LogP contribution in [0.15, 0.2) is 134 Å². The molecular formula is C89H154O16P2. The Morgan fingerprint density at radius 2 is 0.495 bits per heavy atom. The van der Waals surface area contributed by atoms with Gasteiger partial charge in [-0.3, -0.25) is 32.5 Å². The van der Waals surface area contributed by atoms with Gasteiger partial charge in [-0.25, -0.2) is 9.13 Å². The van der Waals surface area contributed by atoms with Gasteiger partial charge < -0.3 is 34.2 Å². The molecule has 5 unspecified atom stereocenters.